The molecule has 2 rings (SSSR count). The number of nitrogens with two attached hydrogens (primary N) is 1. The van der Waals surface area contributed by atoms with Crippen LogP contribution >= 0.6 is 0 Å². The van der Waals surface area contributed by atoms with E-state index in [1.54, 1.807) is 0 Å². The third kappa shape index (κ3) is 2.98. The zero-order valence-electron chi connectivity index (χ0n) is 11.3. The Morgan fingerprint density at radius 1 is 1.21 bits per heavy atom. The topological polar surface area (TPSA) is 63.3 Å². The number of carboxylic acids is 1. The molecular weight excluding hydrogens is 238 g/mol. The molecule has 1 atom stereocenters. The number of hydrogen-bond acceptors (Lipinski definition) is 2. The van der Waals surface area contributed by atoms with Gasteiger partial charge in [-0.3, -0.25) is 4.79 Å². The standard InChI is InChI=1S/C16H23NO2/c17-12-16(15(18)19,14-9-5-2-6-10-14)11-13-7-3-1-4-8-13/h2,5-6,9-10,13H,1,3-4,7-8,11-12,17H2,(H,18,19). The number of hydrogen-bond donors (Lipinski definition) is 2. The van der Waals surface area contributed by atoms with E-state index in [1.165, 1.54) is 19.3 Å². The lowest BCUT2D eigenvalue weighted by Crippen LogP contribution is -2.44. The summed E-state index contributed by atoms with van der Waals surface area (Å²) in [7, 11) is 0. The molecule has 3 N–H and O–H groups in total. The van der Waals surface area contributed by atoms with Crippen LogP contribution in [0.15, 0.2) is 30.3 Å². The van der Waals surface area contributed by atoms with Crippen molar-refractivity contribution in [1.29, 1.82) is 0 Å². The van der Waals surface area contributed by atoms with Gasteiger partial charge in [-0.1, -0.05) is 62.4 Å². The smallest absolute Gasteiger partial charge is 0.315 e. The first kappa shape index (κ1) is 14.1. The predicted molar refractivity (Wildman–Crippen MR) is 76.0 cm³/mol. The Morgan fingerprint density at radius 2 is 1.84 bits per heavy atom. The summed E-state index contributed by atoms with van der Waals surface area (Å²) in [5.41, 5.74) is 5.81. The summed E-state index contributed by atoms with van der Waals surface area (Å²) in [6.07, 6.45) is 6.68. The largest absolute Gasteiger partial charge is 0.481 e. The summed E-state index contributed by atoms with van der Waals surface area (Å²) in [4.78, 5) is 11.8. The SMILES string of the molecule is NCC(CC1CCCCC1)(C(=O)O)c1ccccc1. The van der Waals surface area contributed by atoms with Crippen molar-refractivity contribution in [1.82, 2.24) is 0 Å². The molecule has 1 aliphatic carbocycles. The van der Waals surface area contributed by atoms with Gasteiger partial charge in [0.1, 0.15) is 5.41 Å². The molecular formula is C16H23NO2. The van der Waals surface area contributed by atoms with Gasteiger partial charge in [0.15, 0.2) is 0 Å². The van der Waals surface area contributed by atoms with Crippen LogP contribution in [0.4, 0.5) is 0 Å². The minimum atomic E-state index is -0.913. The van der Waals surface area contributed by atoms with Crippen molar-refractivity contribution < 1.29 is 9.90 Å². The number of carboxylic acid groups (broad SMARTS) is 1. The van der Waals surface area contributed by atoms with Crippen molar-refractivity contribution in [3.05, 3.63) is 35.9 Å². The lowest BCUT2D eigenvalue weighted by Gasteiger charge is -2.34. The van der Waals surface area contributed by atoms with Gasteiger partial charge in [-0.2, -0.15) is 0 Å². The third-order valence-electron chi connectivity index (χ3n) is 4.45. The molecule has 1 aromatic rings. The average molecular weight is 261 g/mol. The highest BCUT2D eigenvalue weighted by Gasteiger charge is 2.41. The van der Waals surface area contributed by atoms with E-state index in [0.717, 1.165) is 18.4 Å². The molecule has 1 fully saturated rings. The van der Waals surface area contributed by atoms with Crippen LogP contribution in [0.2, 0.25) is 0 Å². The van der Waals surface area contributed by atoms with Crippen LogP contribution in [-0.4, -0.2) is 17.6 Å². The molecule has 1 saturated carbocycles. The maximum atomic E-state index is 11.8. The second-order valence-corrected chi connectivity index (χ2v) is 5.67. The van der Waals surface area contributed by atoms with Crippen LogP contribution in [0.1, 0.15) is 44.1 Å². The molecule has 19 heavy (non-hydrogen) atoms. The van der Waals surface area contributed by atoms with Gasteiger partial charge >= 0.3 is 5.97 Å². The molecule has 1 aromatic carbocycles. The molecule has 0 heterocycles. The van der Waals surface area contributed by atoms with Crippen molar-refractivity contribution in [3.8, 4) is 0 Å². The van der Waals surface area contributed by atoms with Crippen LogP contribution in [0.3, 0.4) is 0 Å². The highest BCUT2D eigenvalue weighted by molar-refractivity contribution is 5.81. The fraction of sp³-hybridized carbons (Fsp3) is 0.562. The Labute approximate surface area is 114 Å². The van der Waals surface area contributed by atoms with Crippen molar-refractivity contribution in [3.63, 3.8) is 0 Å². The lowest BCUT2D eigenvalue weighted by atomic mass is 9.70. The number of rotatable bonds is 5. The number of benzene rings is 1. The molecule has 1 aliphatic rings. The summed E-state index contributed by atoms with van der Waals surface area (Å²) < 4.78 is 0. The highest BCUT2D eigenvalue weighted by atomic mass is 16.4. The lowest BCUT2D eigenvalue weighted by molar-refractivity contribution is -0.144. The van der Waals surface area contributed by atoms with Crippen molar-refractivity contribution in [2.24, 2.45) is 11.7 Å². The van der Waals surface area contributed by atoms with E-state index in [-0.39, 0.29) is 6.54 Å². The van der Waals surface area contributed by atoms with Gasteiger partial charge in [0, 0.05) is 6.54 Å². The summed E-state index contributed by atoms with van der Waals surface area (Å²) >= 11 is 0. The van der Waals surface area contributed by atoms with Gasteiger partial charge in [0.05, 0.1) is 0 Å². The zero-order valence-corrected chi connectivity index (χ0v) is 11.3. The molecule has 1 unspecified atom stereocenters. The van der Waals surface area contributed by atoms with E-state index >= 15 is 0 Å². The Morgan fingerprint density at radius 3 is 2.37 bits per heavy atom. The maximum Gasteiger partial charge on any atom is 0.315 e. The molecule has 0 radical (unpaired) electrons. The number of carbonyl (C=O) groups is 1. The molecule has 0 amide bonds. The first-order chi connectivity index (χ1) is 9.19. The molecule has 0 bridgehead atoms. The van der Waals surface area contributed by atoms with Crippen molar-refractivity contribution in [2.75, 3.05) is 6.54 Å². The molecule has 3 heteroatoms. The summed E-state index contributed by atoms with van der Waals surface area (Å²) in [5.74, 6) is -0.291. The summed E-state index contributed by atoms with van der Waals surface area (Å²) in [6.45, 7) is 0.169. The van der Waals surface area contributed by atoms with Crippen LogP contribution in [0.5, 0.6) is 0 Å². The number of aliphatic carboxylic acids is 1. The summed E-state index contributed by atoms with van der Waals surface area (Å²) in [6, 6.07) is 9.48. The summed E-state index contributed by atoms with van der Waals surface area (Å²) in [5, 5.41) is 9.73. The minimum Gasteiger partial charge on any atom is -0.481 e. The van der Waals surface area contributed by atoms with Crippen molar-refractivity contribution >= 4 is 5.97 Å². The van der Waals surface area contributed by atoms with Crippen molar-refractivity contribution in [2.45, 2.75) is 43.9 Å². The monoisotopic (exact) mass is 261 g/mol. The van der Waals surface area contributed by atoms with Gasteiger partial charge in [0.25, 0.3) is 0 Å². The Hall–Kier alpha value is -1.35. The van der Waals surface area contributed by atoms with E-state index < -0.39 is 11.4 Å². The van der Waals surface area contributed by atoms with E-state index in [4.69, 9.17) is 5.73 Å². The van der Waals surface area contributed by atoms with E-state index in [1.807, 2.05) is 30.3 Å². The predicted octanol–water partition coefficient (Wildman–Crippen LogP) is 2.94. The fourth-order valence-corrected chi connectivity index (χ4v) is 3.26. The molecule has 0 saturated heterocycles. The third-order valence-corrected chi connectivity index (χ3v) is 4.45. The van der Waals surface area contributed by atoms with Gasteiger partial charge < -0.3 is 10.8 Å². The first-order valence-corrected chi connectivity index (χ1v) is 7.18. The molecule has 3 nitrogen and oxygen atoms in total. The normalized spacial score (nSPS) is 19.8. The molecule has 104 valence electrons. The van der Waals surface area contributed by atoms with Crippen LogP contribution in [0, 0.1) is 5.92 Å². The quantitative estimate of drug-likeness (QED) is 0.856. The fourth-order valence-electron chi connectivity index (χ4n) is 3.26. The van der Waals surface area contributed by atoms with Crippen LogP contribution in [-0.2, 0) is 10.2 Å². The average Bonchev–Trinajstić information content (AvgIpc) is 2.46. The highest BCUT2D eigenvalue weighted by Crippen LogP contribution is 2.37. The first-order valence-electron chi connectivity index (χ1n) is 7.18. The van der Waals surface area contributed by atoms with Gasteiger partial charge in [-0.15, -0.1) is 0 Å². The van der Waals surface area contributed by atoms with Gasteiger partial charge in [-0.05, 0) is 17.9 Å². The molecule has 0 aromatic heterocycles. The van der Waals surface area contributed by atoms with E-state index in [2.05, 4.69) is 0 Å². The molecule has 0 spiro atoms. The van der Waals surface area contributed by atoms with Crippen LogP contribution < -0.4 is 5.73 Å². The molecule has 0 aliphatic heterocycles. The minimum absolute atomic E-state index is 0.169. The van der Waals surface area contributed by atoms with E-state index in [9.17, 15) is 9.90 Å². The maximum absolute atomic E-state index is 11.8. The van der Waals surface area contributed by atoms with Gasteiger partial charge in [-0.25, -0.2) is 0 Å². The Kier molecular flexibility index (Phi) is 4.59. The zero-order chi connectivity index (χ0) is 13.7. The van der Waals surface area contributed by atoms with Crippen LogP contribution in [0.25, 0.3) is 0 Å². The Bertz CT molecular complexity index is 412. The van der Waals surface area contributed by atoms with E-state index in [0.29, 0.717) is 12.3 Å². The second kappa shape index (κ2) is 6.20. The van der Waals surface area contributed by atoms with Gasteiger partial charge in [0.2, 0.25) is 0 Å². The second-order valence-electron chi connectivity index (χ2n) is 5.67. The Balaban J connectivity index is 2.26.